The lowest BCUT2D eigenvalue weighted by Crippen LogP contribution is -2.30. The third kappa shape index (κ3) is 4.54. The summed E-state index contributed by atoms with van der Waals surface area (Å²) in [4.78, 5) is 31.5. The van der Waals surface area contributed by atoms with Crippen molar-refractivity contribution in [2.24, 2.45) is 5.10 Å². The van der Waals surface area contributed by atoms with Crippen LogP contribution in [-0.4, -0.2) is 21.7 Å². The van der Waals surface area contributed by atoms with Crippen LogP contribution in [0.5, 0.6) is 0 Å². The molecule has 4 rings (SSSR count). The van der Waals surface area contributed by atoms with Gasteiger partial charge in [-0.2, -0.15) is 5.10 Å². The van der Waals surface area contributed by atoms with E-state index < -0.39 is 5.91 Å². The Morgan fingerprint density at radius 1 is 1.19 bits per heavy atom. The summed E-state index contributed by atoms with van der Waals surface area (Å²) in [7, 11) is 0. The van der Waals surface area contributed by atoms with E-state index in [1.165, 1.54) is 28.4 Å². The molecule has 0 aliphatic heterocycles. The zero-order chi connectivity index (χ0) is 22.0. The second kappa shape index (κ2) is 9.01. The second-order valence-corrected chi connectivity index (χ2v) is 8.74. The van der Waals surface area contributed by atoms with Gasteiger partial charge in [0.2, 0.25) is 0 Å². The molecule has 9 heteroatoms. The van der Waals surface area contributed by atoms with Crippen LogP contribution in [0.25, 0.3) is 21.3 Å². The van der Waals surface area contributed by atoms with E-state index in [9.17, 15) is 9.59 Å². The first-order valence-corrected chi connectivity index (χ1v) is 10.8. The van der Waals surface area contributed by atoms with E-state index in [0.29, 0.717) is 25.8 Å². The molecule has 0 spiro atoms. The third-order valence-electron chi connectivity index (χ3n) is 4.58. The average Bonchev–Trinajstić information content (AvgIpc) is 3.10. The van der Waals surface area contributed by atoms with Crippen LogP contribution in [0.2, 0.25) is 10.0 Å². The van der Waals surface area contributed by atoms with Gasteiger partial charge in [-0.1, -0.05) is 59.6 Å². The number of thiophene rings is 1. The van der Waals surface area contributed by atoms with E-state index in [4.69, 9.17) is 23.2 Å². The van der Waals surface area contributed by atoms with Gasteiger partial charge in [0, 0.05) is 10.4 Å². The molecule has 6 nitrogen and oxygen atoms in total. The normalized spacial score (nSPS) is 11.3. The van der Waals surface area contributed by atoms with Gasteiger partial charge in [0.05, 0.1) is 28.0 Å². The first-order chi connectivity index (χ1) is 14.9. The highest BCUT2D eigenvalue weighted by atomic mass is 35.5. The summed E-state index contributed by atoms with van der Waals surface area (Å²) in [5.41, 5.74) is 4.62. The molecule has 0 aliphatic carbocycles. The molecule has 31 heavy (non-hydrogen) atoms. The number of amides is 1. The summed E-state index contributed by atoms with van der Waals surface area (Å²) in [5.74, 6) is -0.451. The number of hydrogen-bond donors (Lipinski definition) is 1. The van der Waals surface area contributed by atoms with Crippen LogP contribution in [0.1, 0.15) is 10.4 Å². The molecular weight excluding hydrogens is 455 g/mol. The quantitative estimate of drug-likeness (QED) is 0.333. The Labute approximate surface area is 191 Å². The number of aromatic nitrogens is 2. The molecule has 156 valence electrons. The van der Waals surface area contributed by atoms with Crippen molar-refractivity contribution in [3.05, 3.63) is 85.7 Å². The maximum atomic E-state index is 13.1. The minimum Gasteiger partial charge on any atom is -0.289 e. The number of carbonyl (C=O) groups excluding carboxylic acids is 1. The van der Waals surface area contributed by atoms with Gasteiger partial charge in [0.1, 0.15) is 11.4 Å². The lowest BCUT2D eigenvalue weighted by molar-refractivity contribution is -0.121. The van der Waals surface area contributed by atoms with Gasteiger partial charge in [-0.05, 0) is 30.2 Å². The number of aryl methyl sites for hydroxylation is 1. The van der Waals surface area contributed by atoms with E-state index in [1.54, 1.807) is 18.2 Å². The lowest BCUT2D eigenvalue weighted by Gasteiger charge is -2.06. The highest BCUT2D eigenvalue weighted by Crippen LogP contribution is 2.35. The Kier molecular flexibility index (Phi) is 6.18. The number of carbonyl (C=O) groups is 1. The van der Waals surface area contributed by atoms with Gasteiger partial charge < -0.3 is 0 Å². The molecule has 1 amide bonds. The molecule has 4 aromatic rings. The largest absolute Gasteiger partial charge is 0.289 e. The number of rotatable bonds is 5. The van der Waals surface area contributed by atoms with Crippen molar-refractivity contribution >= 4 is 56.9 Å². The molecule has 0 atom stereocenters. The van der Waals surface area contributed by atoms with Crippen molar-refractivity contribution < 1.29 is 4.79 Å². The number of hydrazone groups is 1. The molecule has 0 saturated carbocycles. The van der Waals surface area contributed by atoms with Gasteiger partial charge >= 0.3 is 0 Å². The van der Waals surface area contributed by atoms with E-state index in [1.807, 2.05) is 37.3 Å². The lowest BCUT2D eigenvalue weighted by atomic mass is 10.0. The monoisotopic (exact) mass is 470 g/mol. The standard InChI is InChI=1S/C22H16Cl2N4O2S/c1-13-19(15-5-3-2-4-6-15)20-21(31-13)25-12-28(22(20)30)11-18(29)27-26-10-14-7-8-16(23)17(24)9-14/h2-10,12H,11H2,1H3,(H,27,29)/b26-10-. The maximum Gasteiger partial charge on any atom is 0.263 e. The van der Waals surface area contributed by atoms with E-state index in [-0.39, 0.29) is 12.1 Å². The molecule has 0 unspecified atom stereocenters. The van der Waals surface area contributed by atoms with Crippen LogP contribution >= 0.6 is 34.5 Å². The number of nitrogens with one attached hydrogen (secondary N) is 1. The van der Waals surface area contributed by atoms with E-state index >= 15 is 0 Å². The molecule has 2 heterocycles. The molecule has 2 aromatic heterocycles. The number of halogens is 2. The van der Waals surface area contributed by atoms with Crippen molar-refractivity contribution in [3.8, 4) is 11.1 Å². The predicted octanol–water partition coefficient (Wildman–Crippen LogP) is 4.89. The highest BCUT2D eigenvalue weighted by Gasteiger charge is 2.17. The fourth-order valence-electron chi connectivity index (χ4n) is 3.16. The minimum absolute atomic E-state index is 0.205. The first-order valence-electron chi connectivity index (χ1n) is 9.25. The Bertz CT molecular complexity index is 1360. The van der Waals surface area contributed by atoms with E-state index in [2.05, 4.69) is 15.5 Å². The number of fused-ring (bicyclic) bond motifs is 1. The van der Waals surface area contributed by atoms with Crippen molar-refractivity contribution in [1.29, 1.82) is 0 Å². The van der Waals surface area contributed by atoms with Crippen LogP contribution in [0, 0.1) is 6.92 Å². The topological polar surface area (TPSA) is 76.3 Å². The zero-order valence-corrected chi connectivity index (χ0v) is 18.6. The number of benzene rings is 2. The molecule has 2 aromatic carbocycles. The van der Waals surface area contributed by atoms with Crippen molar-refractivity contribution in [2.75, 3.05) is 0 Å². The summed E-state index contributed by atoms with van der Waals surface area (Å²) >= 11 is 13.3. The SMILES string of the molecule is Cc1sc2ncn(CC(=O)N/N=C\c3ccc(Cl)c(Cl)c3)c(=O)c2c1-c1ccccc1. The molecule has 1 N–H and O–H groups in total. The van der Waals surface area contributed by atoms with Gasteiger partial charge in [-0.15, -0.1) is 11.3 Å². The smallest absolute Gasteiger partial charge is 0.263 e. The van der Waals surface area contributed by atoms with Gasteiger partial charge in [-0.3, -0.25) is 14.2 Å². The minimum atomic E-state index is -0.451. The Hall–Kier alpha value is -3.00. The highest BCUT2D eigenvalue weighted by molar-refractivity contribution is 7.19. The summed E-state index contributed by atoms with van der Waals surface area (Å²) in [6, 6.07) is 14.7. The first kappa shape index (κ1) is 21.2. The van der Waals surface area contributed by atoms with Crippen LogP contribution < -0.4 is 11.0 Å². The van der Waals surface area contributed by atoms with Crippen molar-refractivity contribution in [3.63, 3.8) is 0 Å². The summed E-state index contributed by atoms with van der Waals surface area (Å²) in [6.07, 6.45) is 2.83. The van der Waals surface area contributed by atoms with Crippen LogP contribution in [0.3, 0.4) is 0 Å². The number of nitrogens with zero attached hydrogens (tertiary/aromatic N) is 3. The molecule has 0 fully saturated rings. The molecule has 0 bridgehead atoms. The fourth-order valence-corrected chi connectivity index (χ4v) is 4.47. The molecule has 0 saturated heterocycles. The van der Waals surface area contributed by atoms with Crippen molar-refractivity contribution in [1.82, 2.24) is 15.0 Å². The van der Waals surface area contributed by atoms with Gasteiger partial charge in [-0.25, -0.2) is 10.4 Å². The summed E-state index contributed by atoms with van der Waals surface area (Å²) < 4.78 is 1.28. The second-order valence-electron chi connectivity index (χ2n) is 6.72. The van der Waals surface area contributed by atoms with Crippen LogP contribution in [-0.2, 0) is 11.3 Å². The van der Waals surface area contributed by atoms with Crippen molar-refractivity contribution in [2.45, 2.75) is 13.5 Å². The molecule has 0 aliphatic rings. The zero-order valence-electron chi connectivity index (χ0n) is 16.3. The van der Waals surface area contributed by atoms with Gasteiger partial charge in [0.15, 0.2) is 0 Å². The van der Waals surface area contributed by atoms with E-state index in [0.717, 1.165) is 16.0 Å². The van der Waals surface area contributed by atoms with Crippen LogP contribution in [0.4, 0.5) is 0 Å². The molecule has 0 radical (unpaired) electrons. The Morgan fingerprint density at radius 3 is 2.71 bits per heavy atom. The maximum absolute atomic E-state index is 13.1. The Balaban J connectivity index is 1.56. The summed E-state index contributed by atoms with van der Waals surface area (Å²) in [5, 5.41) is 5.25. The summed E-state index contributed by atoms with van der Waals surface area (Å²) in [6.45, 7) is 1.76. The fraction of sp³-hybridized carbons (Fsp3) is 0.0909. The van der Waals surface area contributed by atoms with Crippen LogP contribution in [0.15, 0.2) is 64.8 Å². The average molecular weight is 471 g/mol. The predicted molar refractivity (Wildman–Crippen MR) is 126 cm³/mol. The third-order valence-corrected chi connectivity index (χ3v) is 6.33. The molecular formula is C22H16Cl2N4O2S. The number of hydrogen-bond acceptors (Lipinski definition) is 5. The Morgan fingerprint density at radius 2 is 1.97 bits per heavy atom. The van der Waals surface area contributed by atoms with Gasteiger partial charge in [0.25, 0.3) is 11.5 Å².